The van der Waals surface area contributed by atoms with Crippen molar-refractivity contribution in [3.8, 4) is 25.6 Å². The molecule has 0 aliphatic heterocycles. The second kappa shape index (κ2) is 25.5. The standard InChI is InChI=1S/C58H53N3O4S4/c1-3-4-5-6-7-8-9-10-11-12-13-41-14-22-45(23-15-41)61(46-24-16-42(17-25-46)20-28-48-30-34-53(66-48)55-36-32-50(68-55)38-44(40-59)57(62)63)47-26-18-43(19-27-47)21-29-49-31-35-54(67-49)56-37-33-51(69-56)39-52(60-2)58(64)65/h14-39H,3-13H2,1H3,(H,62,63)(H,64,65)/b28-20+,29-21+,44-38+,52-39-. The highest BCUT2D eigenvalue weighted by Gasteiger charge is 2.14. The van der Waals surface area contributed by atoms with E-state index in [0.717, 1.165) is 73.6 Å². The molecule has 69 heavy (non-hydrogen) atoms. The maximum atomic E-state index is 11.3. The van der Waals surface area contributed by atoms with Crippen LogP contribution in [0.25, 0.3) is 60.8 Å². The molecule has 2 N–H and O–H groups in total. The first kappa shape index (κ1) is 50.0. The number of aliphatic carboxylic acids is 2. The number of aryl methyl sites for hydroxylation is 1. The molecule has 0 saturated carbocycles. The molecular formula is C58H53N3O4S4. The fourth-order valence-electron chi connectivity index (χ4n) is 7.74. The molecule has 4 heterocycles. The highest BCUT2D eigenvalue weighted by atomic mass is 32.1. The molecule has 0 amide bonds. The molecule has 0 saturated heterocycles. The lowest BCUT2D eigenvalue weighted by Gasteiger charge is -2.26. The number of carbonyl (C=O) groups is 2. The van der Waals surface area contributed by atoms with Gasteiger partial charge in [0, 0.05) is 56.1 Å². The van der Waals surface area contributed by atoms with Crippen LogP contribution in [0.5, 0.6) is 0 Å². The lowest BCUT2D eigenvalue weighted by Crippen LogP contribution is -2.10. The zero-order valence-electron chi connectivity index (χ0n) is 38.5. The van der Waals surface area contributed by atoms with Crippen LogP contribution in [0.2, 0.25) is 0 Å². The van der Waals surface area contributed by atoms with Crippen molar-refractivity contribution in [1.29, 1.82) is 5.26 Å². The number of rotatable bonds is 24. The molecule has 4 aromatic heterocycles. The molecule has 7 aromatic rings. The zero-order chi connectivity index (χ0) is 48.4. The minimum absolute atomic E-state index is 0.284. The Bertz CT molecular complexity index is 2850. The van der Waals surface area contributed by atoms with Crippen LogP contribution in [0.4, 0.5) is 17.1 Å². The number of hydrogen-bond donors (Lipinski definition) is 2. The number of benzene rings is 3. The second-order valence-electron chi connectivity index (χ2n) is 16.5. The number of nitriles is 1. The van der Waals surface area contributed by atoms with Crippen LogP contribution in [-0.4, -0.2) is 22.2 Å². The van der Waals surface area contributed by atoms with Crippen LogP contribution in [0.1, 0.15) is 107 Å². The van der Waals surface area contributed by atoms with E-state index in [1.54, 1.807) is 28.7 Å². The monoisotopic (exact) mass is 983 g/mol. The number of nitrogens with zero attached hydrogens (tertiary/aromatic N) is 3. The van der Waals surface area contributed by atoms with Crippen LogP contribution in [0, 0.1) is 17.9 Å². The summed E-state index contributed by atoms with van der Waals surface area (Å²) < 4.78 is 0. The molecule has 0 atom stereocenters. The third kappa shape index (κ3) is 14.6. The van der Waals surface area contributed by atoms with Gasteiger partial charge in [0.05, 0.1) is 6.57 Å². The van der Waals surface area contributed by atoms with Gasteiger partial charge in [-0.2, -0.15) is 5.26 Å². The number of anilines is 3. The van der Waals surface area contributed by atoms with Crippen molar-refractivity contribution in [2.24, 2.45) is 0 Å². The van der Waals surface area contributed by atoms with Gasteiger partial charge in [0.15, 0.2) is 0 Å². The fraction of sp³-hybridized carbons (Fsp3) is 0.207. The highest BCUT2D eigenvalue weighted by Crippen LogP contribution is 2.38. The van der Waals surface area contributed by atoms with Crippen molar-refractivity contribution >= 4 is 111 Å². The van der Waals surface area contributed by atoms with E-state index in [-0.39, 0.29) is 11.3 Å². The van der Waals surface area contributed by atoms with Crippen molar-refractivity contribution < 1.29 is 19.8 Å². The fourth-order valence-corrected chi connectivity index (χ4v) is 11.6. The van der Waals surface area contributed by atoms with E-state index in [2.05, 4.69) is 138 Å². The molecule has 0 aliphatic carbocycles. The number of hydrogen-bond acceptors (Lipinski definition) is 8. The smallest absolute Gasteiger partial charge is 0.346 e. The average molecular weight is 984 g/mol. The molecule has 7 nitrogen and oxygen atoms in total. The van der Waals surface area contributed by atoms with Crippen molar-refractivity contribution in [1.82, 2.24) is 0 Å². The Morgan fingerprint density at radius 2 is 0.942 bits per heavy atom. The van der Waals surface area contributed by atoms with Crippen molar-refractivity contribution in [3.63, 3.8) is 0 Å². The van der Waals surface area contributed by atoms with Gasteiger partial charge < -0.3 is 15.1 Å². The van der Waals surface area contributed by atoms with Gasteiger partial charge in [-0.15, -0.1) is 45.3 Å². The van der Waals surface area contributed by atoms with Crippen LogP contribution in [0.3, 0.4) is 0 Å². The number of carboxylic acids is 2. The molecule has 0 bridgehead atoms. The van der Waals surface area contributed by atoms with E-state index in [0.29, 0.717) is 0 Å². The molecule has 0 unspecified atom stereocenters. The quantitative estimate of drug-likeness (QED) is 0.0270. The summed E-state index contributed by atoms with van der Waals surface area (Å²) in [7, 11) is 0. The first-order valence-electron chi connectivity index (χ1n) is 23.2. The Labute approximate surface area is 421 Å². The summed E-state index contributed by atoms with van der Waals surface area (Å²) in [6, 6.07) is 43.9. The van der Waals surface area contributed by atoms with Gasteiger partial charge in [0.2, 0.25) is 0 Å². The van der Waals surface area contributed by atoms with Gasteiger partial charge in [-0.05, 0) is 139 Å². The Morgan fingerprint density at radius 3 is 1.36 bits per heavy atom. The Kier molecular flexibility index (Phi) is 18.5. The zero-order valence-corrected chi connectivity index (χ0v) is 41.7. The first-order valence-corrected chi connectivity index (χ1v) is 26.5. The molecule has 348 valence electrons. The number of carboxylic acid groups (broad SMARTS) is 2. The minimum Gasteiger partial charge on any atom is -0.486 e. The summed E-state index contributed by atoms with van der Waals surface area (Å²) in [5.41, 5.74) is 6.11. The van der Waals surface area contributed by atoms with Crippen molar-refractivity contribution in [2.45, 2.75) is 77.6 Å². The van der Waals surface area contributed by atoms with Gasteiger partial charge in [-0.3, -0.25) is 4.79 Å². The molecule has 0 spiro atoms. The summed E-state index contributed by atoms with van der Waals surface area (Å²) in [5.74, 6) is -2.45. The molecule has 0 radical (unpaired) electrons. The normalized spacial score (nSPS) is 11.9. The maximum absolute atomic E-state index is 11.3. The third-order valence-electron chi connectivity index (χ3n) is 11.4. The molecule has 0 aliphatic rings. The SMILES string of the molecule is [C-]#[N+]/C(=C\c1ccc(-c2ccc(/C=C/c3ccc(N(c4ccc(/C=C/c5ccc(-c6ccc(/C=C(\C#N)C(=O)O)s6)s5)cc4)c4ccc(CCCCCCCCCCCC)cc4)cc3)s2)s1)C(=O)O. The van der Waals surface area contributed by atoms with Gasteiger partial charge in [-0.1, -0.05) is 113 Å². The van der Waals surface area contributed by atoms with E-state index in [1.807, 2.05) is 24.3 Å². The lowest BCUT2D eigenvalue weighted by molar-refractivity contribution is -0.133. The van der Waals surface area contributed by atoms with Crippen molar-refractivity contribution in [3.05, 3.63) is 180 Å². The van der Waals surface area contributed by atoms with Gasteiger partial charge in [0.1, 0.15) is 11.6 Å². The minimum atomic E-state index is -1.23. The Morgan fingerprint density at radius 1 is 0.536 bits per heavy atom. The predicted molar refractivity (Wildman–Crippen MR) is 293 cm³/mol. The average Bonchev–Trinajstić information content (AvgIpc) is 4.22. The summed E-state index contributed by atoms with van der Waals surface area (Å²) >= 11 is 6.24. The number of thiophene rings is 4. The molecular weight excluding hydrogens is 931 g/mol. The van der Waals surface area contributed by atoms with Crippen LogP contribution in [0.15, 0.2) is 133 Å². The van der Waals surface area contributed by atoms with E-state index < -0.39 is 11.9 Å². The van der Waals surface area contributed by atoms with Crippen LogP contribution in [-0.2, 0) is 16.0 Å². The topological polar surface area (TPSA) is 106 Å². The van der Waals surface area contributed by atoms with Crippen LogP contribution < -0.4 is 4.90 Å². The highest BCUT2D eigenvalue weighted by molar-refractivity contribution is 7.23. The van der Waals surface area contributed by atoms with Crippen molar-refractivity contribution in [2.75, 3.05) is 4.90 Å². The lowest BCUT2D eigenvalue weighted by atomic mass is 10.0. The first-order chi connectivity index (χ1) is 33.7. The van der Waals surface area contributed by atoms with E-state index in [1.165, 1.54) is 105 Å². The number of unbranched alkanes of at least 4 members (excludes halogenated alkanes) is 9. The maximum Gasteiger partial charge on any atom is 0.346 e. The molecule has 3 aromatic carbocycles. The van der Waals surface area contributed by atoms with E-state index >= 15 is 0 Å². The Hall–Kier alpha value is -6.86. The molecule has 0 fully saturated rings. The van der Waals surface area contributed by atoms with Gasteiger partial charge >= 0.3 is 11.9 Å². The Balaban J connectivity index is 1.04. The summed E-state index contributed by atoms with van der Waals surface area (Å²) in [4.78, 5) is 35.9. The second-order valence-corrected chi connectivity index (χ2v) is 21.0. The summed E-state index contributed by atoms with van der Waals surface area (Å²) in [6.07, 6.45) is 25.6. The predicted octanol–water partition coefficient (Wildman–Crippen LogP) is 17.9. The van der Waals surface area contributed by atoms with Gasteiger partial charge in [0.25, 0.3) is 5.70 Å². The molecule has 7 rings (SSSR count). The summed E-state index contributed by atoms with van der Waals surface area (Å²) in [5, 5.41) is 27.6. The third-order valence-corrected chi connectivity index (χ3v) is 16.0. The van der Waals surface area contributed by atoms with Crippen LogP contribution >= 0.6 is 45.3 Å². The summed E-state index contributed by atoms with van der Waals surface area (Å²) in [6.45, 7) is 9.41. The van der Waals surface area contributed by atoms with E-state index in [4.69, 9.17) is 11.8 Å². The van der Waals surface area contributed by atoms with Gasteiger partial charge in [-0.25, -0.2) is 9.64 Å². The molecule has 11 heteroatoms. The largest absolute Gasteiger partial charge is 0.486 e. The van der Waals surface area contributed by atoms with E-state index in [9.17, 15) is 19.8 Å².